The van der Waals surface area contributed by atoms with Crippen LogP contribution in [-0.2, 0) is 4.79 Å². The standard InChI is InChI=1S/C24H17N5O5S/c30-19-8-4-2-6-16(19)24-26-18(13-35-24)23(31)28-22-15-5-1-3-7-17(15)25-20(27-22)11-9-14-10-12-21(34-14)29(32)33/h1-12,18,30H,13H2,(H,25,27,28,31). The van der Waals surface area contributed by atoms with Gasteiger partial charge in [-0.15, -0.1) is 11.8 Å². The Kier molecular flexibility index (Phi) is 5.98. The van der Waals surface area contributed by atoms with Crippen LogP contribution in [0.3, 0.4) is 0 Å². The minimum absolute atomic E-state index is 0.111. The number of fused-ring (bicyclic) bond motifs is 1. The minimum atomic E-state index is -0.647. The van der Waals surface area contributed by atoms with Gasteiger partial charge in [-0.2, -0.15) is 0 Å². The lowest BCUT2D eigenvalue weighted by molar-refractivity contribution is -0.402. The fourth-order valence-corrected chi connectivity index (χ4v) is 4.53. The summed E-state index contributed by atoms with van der Waals surface area (Å²) >= 11 is 1.40. The molecule has 1 unspecified atom stereocenters. The molecule has 0 saturated heterocycles. The lowest BCUT2D eigenvalue weighted by Gasteiger charge is -2.10. The first-order valence-electron chi connectivity index (χ1n) is 10.5. The highest BCUT2D eigenvalue weighted by molar-refractivity contribution is 8.14. The summed E-state index contributed by atoms with van der Waals surface area (Å²) in [5, 5.41) is 25.0. The second kappa shape index (κ2) is 9.39. The van der Waals surface area contributed by atoms with Gasteiger partial charge in [0.2, 0.25) is 0 Å². The smallest absolute Gasteiger partial charge is 0.433 e. The Balaban J connectivity index is 1.40. The molecule has 10 nitrogen and oxygen atoms in total. The zero-order chi connectivity index (χ0) is 24.4. The maximum Gasteiger partial charge on any atom is 0.433 e. The molecule has 2 aromatic heterocycles. The first-order valence-corrected chi connectivity index (χ1v) is 11.5. The summed E-state index contributed by atoms with van der Waals surface area (Å²) in [6, 6.07) is 16.2. The maximum absolute atomic E-state index is 13.0. The van der Waals surface area contributed by atoms with Crippen molar-refractivity contribution in [2.24, 2.45) is 4.99 Å². The number of thioether (sulfide) groups is 1. The molecule has 0 fully saturated rings. The number of furan rings is 1. The number of amides is 1. The van der Waals surface area contributed by atoms with Crippen LogP contribution < -0.4 is 5.32 Å². The normalized spacial score (nSPS) is 15.4. The SMILES string of the molecule is O=C(Nc1nc(C=Cc2ccc([N+](=O)[O-])o2)nc2ccccc12)C1CSC(c2ccccc2O)=N1. The quantitative estimate of drug-likeness (QED) is 0.299. The number of phenols is 1. The van der Waals surface area contributed by atoms with Gasteiger partial charge in [0.05, 0.1) is 11.6 Å². The van der Waals surface area contributed by atoms with Crippen molar-refractivity contribution in [3.8, 4) is 5.75 Å². The number of nitrogens with zero attached hydrogens (tertiary/aromatic N) is 4. The Bertz CT molecular complexity index is 1510. The van der Waals surface area contributed by atoms with Gasteiger partial charge in [-0.1, -0.05) is 24.3 Å². The van der Waals surface area contributed by atoms with E-state index in [-0.39, 0.29) is 29.1 Å². The maximum atomic E-state index is 13.0. The van der Waals surface area contributed by atoms with Crippen molar-refractivity contribution in [1.29, 1.82) is 0 Å². The molecule has 1 amide bonds. The number of carbonyl (C=O) groups is 1. The highest BCUT2D eigenvalue weighted by atomic mass is 32.2. The summed E-state index contributed by atoms with van der Waals surface area (Å²) in [6.07, 6.45) is 3.06. The Morgan fingerprint density at radius 1 is 1.11 bits per heavy atom. The molecule has 1 aliphatic rings. The van der Waals surface area contributed by atoms with Crippen LogP contribution in [0.25, 0.3) is 23.1 Å². The summed E-state index contributed by atoms with van der Waals surface area (Å²) in [6.45, 7) is 0. The van der Waals surface area contributed by atoms with E-state index >= 15 is 0 Å². The van der Waals surface area contributed by atoms with Gasteiger partial charge in [-0.3, -0.25) is 19.9 Å². The van der Waals surface area contributed by atoms with E-state index in [1.54, 1.807) is 42.5 Å². The second-order valence-electron chi connectivity index (χ2n) is 7.48. The molecule has 5 rings (SSSR count). The van der Waals surface area contributed by atoms with Gasteiger partial charge in [0, 0.05) is 16.7 Å². The Morgan fingerprint density at radius 3 is 2.71 bits per heavy atom. The number of rotatable bonds is 6. The molecule has 0 radical (unpaired) electrons. The third-order valence-electron chi connectivity index (χ3n) is 5.14. The molecule has 2 N–H and O–H groups in total. The van der Waals surface area contributed by atoms with E-state index in [9.17, 15) is 20.0 Å². The van der Waals surface area contributed by atoms with E-state index < -0.39 is 11.0 Å². The predicted molar refractivity (Wildman–Crippen MR) is 133 cm³/mol. The summed E-state index contributed by atoms with van der Waals surface area (Å²) < 4.78 is 5.13. The number of aromatic hydroxyl groups is 1. The summed E-state index contributed by atoms with van der Waals surface area (Å²) in [4.78, 5) is 36.6. The molecule has 0 spiro atoms. The van der Waals surface area contributed by atoms with Gasteiger partial charge >= 0.3 is 5.88 Å². The third-order valence-corrected chi connectivity index (χ3v) is 6.22. The molecule has 35 heavy (non-hydrogen) atoms. The van der Waals surface area contributed by atoms with Crippen LogP contribution in [0.15, 0.2) is 70.1 Å². The highest BCUT2D eigenvalue weighted by Gasteiger charge is 2.27. The van der Waals surface area contributed by atoms with Crippen LogP contribution in [0, 0.1) is 10.1 Å². The highest BCUT2D eigenvalue weighted by Crippen LogP contribution is 2.29. The average molecular weight is 487 g/mol. The fourth-order valence-electron chi connectivity index (χ4n) is 3.46. The summed E-state index contributed by atoms with van der Waals surface area (Å²) in [5.41, 5.74) is 1.20. The number of benzene rings is 2. The van der Waals surface area contributed by atoms with Crippen LogP contribution in [0.5, 0.6) is 5.75 Å². The predicted octanol–water partition coefficient (Wildman–Crippen LogP) is 4.51. The number of hydrogen-bond acceptors (Lipinski definition) is 9. The van der Waals surface area contributed by atoms with E-state index in [0.717, 1.165) is 0 Å². The van der Waals surface area contributed by atoms with Crippen molar-refractivity contribution < 1.29 is 19.2 Å². The largest absolute Gasteiger partial charge is 0.507 e. The lowest BCUT2D eigenvalue weighted by Crippen LogP contribution is -2.27. The van der Waals surface area contributed by atoms with Gasteiger partial charge in [0.15, 0.2) is 5.82 Å². The number of phenolic OH excluding ortho intramolecular Hbond substituents is 1. The summed E-state index contributed by atoms with van der Waals surface area (Å²) in [5.74, 6) is 0.730. The molecule has 174 valence electrons. The molecule has 0 aliphatic carbocycles. The number of aliphatic imine (C=N–C) groups is 1. The molecule has 11 heteroatoms. The van der Waals surface area contributed by atoms with Crippen molar-refractivity contribution in [1.82, 2.24) is 9.97 Å². The number of anilines is 1. The van der Waals surface area contributed by atoms with Crippen LogP contribution in [-0.4, -0.2) is 42.7 Å². The van der Waals surface area contributed by atoms with Crippen LogP contribution in [0.4, 0.5) is 11.7 Å². The molecule has 3 heterocycles. The van der Waals surface area contributed by atoms with E-state index in [1.165, 1.54) is 30.0 Å². The number of carbonyl (C=O) groups excluding carboxylic acids is 1. The zero-order valence-corrected chi connectivity index (χ0v) is 18.8. The van der Waals surface area contributed by atoms with E-state index in [4.69, 9.17) is 4.42 Å². The number of hydrogen-bond donors (Lipinski definition) is 2. The Labute approximate surface area is 202 Å². The fraction of sp³-hybridized carbons (Fsp3) is 0.0833. The molecule has 0 saturated carbocycles. The minimum Gasteiger partial charge on any atom is -0.507 e. The first-order chi connectivity index (χ1) is 17.0. The monoisotopic (exact) mass is 487 g/mol. The van der Waals surface area contributed by atoms with Gasteiger partial charge in [0.25, 0.3) is 5.91 Å². The van der Waals surface area contributed by atoms with Gasteiger partial charge < -0.3 is 14.8 Å². The van der Waals surface area contributed by atoms with E-state index in [2.05, 4.69) is 20.3 Å². The molecule has 1 aliphatic heterocycles. The van der Waals surface area contributed by atoms with Crippen LogP contribution >= 0.6 is 11.8 Å². The molecule has 4 aromatic rings. The van der Waals surface area contributed by atoms with Crippen molar-refractivity contribution >= 4 is 57.5 Å². The number of aromatic nitrogens is 2. The molecule has 2 aromatic carbocycles. The summed E-state index contributed by atoms with van der Waals surface area (Å²) in [7, 11) is 0. The first kappa shape index (κ1) is 22.3. The molecular weight excluding hydrogens is 470 g/mol. The Hall–Kier alpha value is -4.51. The van der Waals surface area contributed by atoms with E-state index in [0.29, 0.717) is 33.1 Å². The topological polar surface area (TPSA) is 144 Å². The van der Waals surface area contributed by atoms with Crippen LogP contribution in [0.1, 0.15) is 17.1 Å². The number of para-hydroxylation sites is 2. The van der Waals surface area contributed by atoms with E-state index in [1.807, 2.05) is 12.1 Å². The van der Waals surface area contributed by atoms with Crippen molar-refractivity contribution in [3.63, 3.8) is 0 Å². The molecule has 0 bridgehead atoms. The number of nitro groups is 1. The van der Waals surface area contributed by atoms with Gasteiger partial charge in [-0.25, -0.2) is 9.97 Å². The van der Waals surface area contributed by atoms with Crippen molar-refractivity contribution in [3.05, 3.63) is 87.9 Å². The number of nitrogens with one attached hydrogen (secondary N) is 1. The molecular formula is C24H17N5O5S. The Morgan fingerprint density at radius 2 is 1.91 bits per heavy atom. The van der Waals surface area contributed by atoms with Gasteiger partial charge in [-0.05, 0) is 42.5 Å². The molecule has 1 atom stereocenters. The van der Waals surface area contributed by atoms with Crippen molar-refractivity contribution in [2.45, 2.75) is 6.04 Å². The third kappa shape index (κ3) is 4.75. The average Bonchev–Trinajstić information content (AvgIpc) is 3.53. The van der Waals surface area contributed by atoms with Crippen molar-refractivity contribution in [2.75, 3.05) is 11.1 Å². The lowest BCUT2D eigenvalue weighted by atomic mass is 10.2. The van der Waals surface area contributed by atoms with Crippen LogP contribution in [0.2, 0.25) is 0 Å². The second-order valence-corrected chi connectivity index (χ2v) is 8.49. The van der Waals surface area contributed by atoms with Gasteiger partial charge in [0.1, 0.15) is 33.3 Å². The zero-order valence-electron chi connectivity index (χ0n) is 18.0.